The van der Waals surface area contributed by atoms with Crippen LogP contribution in [-0.2, 0) is 5.41 Å². The van der Waals surface area contributed by atoms with Gasteiger partial charge in [-0.3, -0.25) is 0 Å². The lowest BCUT2D eigenvalue weighted by Crippen LogP contribution is -2.39. The maximum absolute atomic E-state index is 3.48. The van der Waals surface area contributed by atoms with E-state index < -0.39 is 0 Å². The van der Waals surface area contributed by atoms with Crippen molar-refractivity contribution in [2.24, 2.45) is 0 Å². The third-order valence-electron chi connectivity index (χ3n) is 4.17. The molecule has 0 spiro atoms. The second kappa shape index (κ2) is 6.06. The van der Waals surface area contributed by atoms with Crippen LogP contribution in [0.25, 0.3) is 0 Å². The Morgan fingerprint density at radius 2 is 1.95 bits per heavy atom. The fraction of sp³-hybridized carbons (Fsp3) is 0.647. The molecule has 1 fully saturated rings. The summed E-state index contributed by atoms with van der Waals surface area (Å²) >= 11 is 0. The number of nitrogens with one attached hydrogen (secondary N) is 1. The normalized spacial score (nSPS) is 18.3. The molecule has 2 heteroatoms. The van der Waals surface area contributed by atoms with E-state index in [9.17, 15) is 0 Å². The first-order chi connectivity index (χ1) is 8.99. The number of hydrogen-bond acceptors (Lipinski definition) is 2. The van der Waals surface area contributed by atoms with Gasteiger partial charge in [0.1, 0.15) is 0 Å². The molecule has 0 bridgehead atoms. The third kappa shape index (κ3) is 3.80. The maximum Gasteiger partial charge on any atom is 0.0107 e. The molecule has 1 N–H and O–H groups in total. The van der Waals surface area contributed by atoms with Gasteiger partial charge in [-0.05, 0) is 44.5 Å². The van der Waals surface area contributed by atoms with Gasteiger partial charge in [0.2, 0.25) is 0 Å². The van der Waals surface area contributed by atoms with Crippen LogP contribution in [0.3, 0.4) is 0 Å². The molecule has 2 nitrogen and oxygen atoms in total. The predicted octanol–water partition coefficient (Wildman–Crippen LogP) is 2.88. The second-order valence-corrected chi connectivity index (χ2v) is 6.58. The highest BCUT2D eigenvalue weighted by Gasteiger charge is 2.25. The summed E-state index contributed by atoms with van der Waals surface area (Å²) in [7, 11) is 0. The number of aryl methyl sites for hydroxylation is 2. The topological polar surface area (TPSA) is 15.3 Å². The van der Waals surface area contributed by atoms with Gasteiger partial charge in [-0.2, -0.15) is 0 Å². The van der Waals surface area contributed by atoms with Crippen molar-refractivity contribution < 1.29 is 0 Å². The zero-order chi connectivity index (χ0) is 13.9. The van der Waals surface area contributed by atoms with Gasteiger partial charge < -0.3 is 10.2 Å². The molecule has 1 aliphatic rings. The van der Waals surface area contributed by atoms with Crippen molar-refractivity contribution in [2.45, 2.75) is 39.5 Å². The van der Waals surface area contributed by atoms with E-state index >= 15 is 0 Å². The van der Waals surface area contributed by atoms with Crippen LogP contribution in [0.4, 0.5) is 0 Å². The fourth-order valence-electron chi connectivity index (χ4n) is 3.17. The van der Waals surface area contributed by atoms with E-state index in [1.54, 1.807) is 0 Å². The molecule has 1 aromatic rings. The van der Waals surface area contributed by atoms with Gasteiger partial charge in [-0.1, -0.05) is 37.6 Å². The summed E-state index contributed by atoms with van der Waals surface area (Å²) in [4.78, 5) is 2.61. The molecule has 0 aromatic heterocycles. The van der Waals surface area contributed by atoms with E-state index in [4.69, 9.17) is 0 Å². The summed E-state index contributed by atoms with van der Waals surface area (Å²) in [6.07, 6.45) is 1.27. The van der Waals surface area contributed by atoms with Crippen LogP contribution < -0.4 is 5.32 Å². The Kier molecular flexibility index (Phi) is 4.64. The Balaban J connectivity index is 2.14. The zero-order valence-corrected chi connectivity index (χ0v) is 12.9. The molecule has 1 saturated heterocycles. The summed E-state index contributed by atoms with van der Waals surface area (Å²) in [6, 6.07) is 6.84. The minimum Gasteiger partial charge on any atom is -0.315 e. The SMILES string of the molecule is Cc1ccc(C)c(C(C)(C)CN2CCCNCC2)c1. The first-order valence-corrected chi connectivity index (χ1v) is 7.50. The molecular weight excluding hydrogens is 232 g/mol. The van der Waals surface area contributed by atoms with Crippen LogP contribution in [0.15, 0.2) is 18.2 Å². The predicted molar refractivity (Wildman–Crippen MR) is 82.9 cm³/mol. The number of benzene rings is 1. The standard InChI is InChI=1S/C17H28N2/c1-14-6-7-15(2)16(12-14)17(3,4)13-19-10-5-8-18-9-11-19/h6-7,12,18H,5,8-11,13H2,1-4H3. The van der Waals surface area contributed by atoms with Crippen LogP contribution >= 0.6 is 0 Å². The minimum absolute atomic E-state index is 0.223. The van der Waals surface area contributed by atoms with Gasteiger partial charge in [0, 0.05) is 25.0 Å². The first-order valence-electron chi connectivity index (χ1n) is 7.50. The molecule has 1 aliphatic heterocycles. The maximum atomic E-state index is 3.48. The highest BCUT2D eigenvalue weighted by atomic mass is 15.2. The Bertz CT molecular complexity index is 415. The Labute approximate surface area is 118 Å². The van der Waals surface area contributed by atoms with Gasteiger partial charge in [-0.15, -0.1) is 0 Å². The largest absolute Gasteiger partial charge is 0.315 e. The van der Waals surface area contributed by atoms with Crippen molar-refractivity contribution in [2.75, 3.05) is 32.7 Å². The van der Waals surface area contributed by atoms with E-state index in [0.29, 0.717) is 0 Å². The molecule has 1 heterocycles. The minimum atomic E-state index is 0.223. The lowest BCUT2D eigenvalue weighted by molar-refractivity contribution is 0.236. The van der Waals surface area contributed by atoms with Crippen molar-refractivity contribution in [3.8, 4) is 0 Å². The van der Waals surface area contributed by atoms with Gasteiger partial charge >= 0.3 is 0 Å². The molecule has 0 unspecified atom stereocenters. The molecule has 2 rings (SSSR count). The molecule has 106 valence electrons. The van der Waals surface area contributed by atoms with E-state index in [0.717, 1.165) is 13.1 Å². The summed E-state index contributed by atoms with van der Waals surface area (Å²) in [5, 5.41) is 3.48. The third-order valence-corrected chi connectivity index (χ3v) is 4.17. The van der Waals surface area contributed by atoms with Gasteiger partial charge in [-0.25, -0.2) is 0 Å². The zero-order valence-electron chi connectivity index (χ0n) is 12.9. The number of nitrogens with zero attached hydrogens (tertiary/aromatic N) is 1. The van der Waals surface area contributed by atoms with Gasteiger partial charge in [0.25, 0.3) is 0 Å². The second-order valence-electron chi connectivity index (χ2n) is 6.58. The molecule has 19 heavy (non-hydrogen) atoms. The first kappa shape index (κ1) is 14.5. The summed E-state index contributed by atoms with van der Waals surface area (Å²) < 4.78 is 0. The van der Waals surface area contributed by atoms with Crippen molar-refractivity contribution in [1.29, 1.82) is 0 Å². The Hall–Kier alpha value is -0.860. The molecular formula is C17H28N2. The summed E-state index contributed by atoms with van der Waals surface area (Å²) in [5.74, 6) is 0. The summed E-state index contributed by atoms with van der Waals surface area (Å²) in [6.45, 7) is 15.0. The van der Waals surface area contributed by atoms with Crippen molar-refractivity contribution >= 4 is 0 Å². The molecule has 0 amide bonds. The Morgan fingerprint density at radius 3 is 2.74 bits per heavy atom. The molecule has 0 saturated carbocycles. The number of rotatable bonds is 3. The van der Waals surface area contributed by atoms with Crippen molar-refractivity contribution in [1.82, 2.24) is 10.2 Å². The van der Waals surface area contributed by atoms with E-state index in [1.807, 2.05) is 0 Å². The highest BCUT2D eigenvalue weighted by Crippen LogP contribution is 2.28. The fourth-order valence-corrected chi connectivity index (χ4v) is 3.17. The van der Waals surface area contributed by atoms with Crippen LogP contribution in [0.1, 0.15) is 37.0 Å². The van der Waals surface area contributed by atoms with Gasteiger partial charge in [0.05, 0.1) is 0 Å². The lowest BCUT2D eigenvalue weighted by Gasteiger charge is -2.33. The molecule has 0 atom stereocenters. The quantitative estimate of drug-likeness (QED) is 0.899. The van der Waals surface area contributed by atoms with Crippen LogP contribution in [0.5, 0.6) is 0 Å². The lowest BCUT2D eigenvalue weighted by atomic mass is 9.80. The number of hydrogen-bond donors (Lipinski definition) is 1. The average Bonchev–Trinajstić information content (AvgIpc) is 2.60. The van der Waals surface area contributed by atoms with E-state index in [2.05, 4.69) is 56.1 Å². The van der Waals surface area contributed by atoms with Crippen molar-refractivity contribution in [3.63, 3.8) is 0 Å². The van der Waals surface area contributed by atoms with Crippen LogP contribution in [0, 0.1) is 13.8 Å². The Morgan fingerprint density at radius 1 is 1.16 bits per heavy atom. The van der Waals surface area contributed by atoms with Crippen molar-refractivity contribution in [3.05, 3.63) is 34.9 Å². The van der Waals surface area contributed by atoms with Gasteiger partial charge in [0.15, 0.2) is 0 Å². The summed E-state index contributed by atoms with van der Waals surface area (Å²) in [5.41, 5.74) is 4.51. The van der Waals surface area contributed by atoms with Crippen LogP contribution in [-0.4, -0.2) is 37.6 Å². The molecule has 1 aromatic carbocycles. The average molecular weight is 260 g/mol. The molecule has 0 aliphatic carbocycles. The highest BCUT2D eigenvalue weighted by molar-refractivity contribution is 5.36. The van der Waals surface area contributed by atoms with Crippen LogP contribution in [0.2, 0.25) is 0 Å². The van der Waals surface area contributed by atoms with E-state index in [1.165, 1.54) is 42.7 Å². The van der Waals surface area contributed by atoms with E-state index in [-0.39, 0.29) is 5.41 Å². The monoisotopic (exact) mass is 260 g/mol. The molecule has 0 radical (unpaired) electrons. The smallest absolute Gasteiger partial charge is 0.0107 e.